The molecule has 0 heterocycles. The molecule has 0 aliphatic rings. The number of carboxylic acid groups (broad SMARTS) is 1. The van der Waals surface area contributed by atoms with Crippen molar-refractivity contribution < 1.29 is 9.90 Å². The van der Waals surface area contributed by atoms with E-state index in [0.717, 1.165) is 3.45 Å². The van der Waals surface area contributed by atoms with Crippen molar-refractivity contribution in [3.8, 4) is 0 Å². The van der Waals surface area contributed by atoms with Crippen molar-refractivity contribution in [2.24, 2.45) is 5.73 Å². The van der Waals surface area contributed by atoms with Gasteiger partial charge in [0.05, 0.1) is 0 Å². The van der Waals surface area contributed by atoms with Crippen LogP contribution in [0, 0.1) is 0 Å². The Kier molecular flexibility index (Phi) is 5.85. The van der Waals surface area contributed by atoms with Gasteiger partial charge in [-0.2, -0.15) is 0 Å². The maximum atomic E-state index is 10.4. The highest BCUT2D eigenvalue weighted by Gasteiger charge is 2.21. The van der Waals surface area contributed by atoms with E-state index in [1.807, 2.05) is 0 Å². The molecular formula is C5H10BrClN2O2. The van der Waals surface area contributed by atoms with E-state index in [1.54, 1.807) is 0 Å². The molecule has 0 aromatic heterocycles. The van der Waals surface area contributed by atoms with Gasteiger partial charge in [0.2, 0.25) is 0 Å². The van der Waals surface area contributed by atoms with Crippen LogP contribution in [-0.2, 0) is 4.79 Å². The fourth-order valence-electron chi connectivity index (χ4n) is 0.616. The van der Waals surface area contributed by atoms with Crippen molar-refractivity contribution in [2.75, 3.05) is 6.54 Å². The second kappa shape index (κ2) is 5.77. The first kappa shape index (κ1) is 11.2. The van der Waals surface area contributed by atoms with Crippen LogP contribution >= 0.6 is 27.9 Å². The molecule has 0 fully saturated rings. The number of nitrogens with zero attached hydrogens (tertiary/aromatic N) is 1. The van der Waals surface area contributed by atoms with E-state index < -0.39 is 12.0 Å². The lowest BCUT2D eigenvalue weighted by Gasteiger charge is -2.13. The average molecular weight is 246 g/mol. The highest BCUT2D eigenvalue weighted by atomic mass is 79.9. The quantitative estimate of drug-likeness (QED) is 0.708. The van der Waals surface area contributed by atoms with Crippen molar-refractivity contribution >= 4 is 33.9 Å². The molecule has 0 spiro atoms. The number of nitrogens with two attached hydrogens (primary N) is 1. The third-order valence-electron chi connectivity index (χ3n) is 1.20. The van der Waals surface area contributed by atoms with E-state index in [0.29, 0.717) is 19.4 Å². The number of aliphatic carboxylic acids is 1. The fourth-order valence-corrected chi connectivity index (χ4v) is 1.18. The lowest BCUT2D eigenvalue weighted by Crippen LogP contribution is -2.29. The molecule has 0 radical (unpaired) electrons. The van der Waals surface area contributed by atoms with Crippen molar-refractivity contribution in [1.29, 1.82) is 0 Å². The van der Waals surface area contributed by atoms with Gasteiger partial charge in [-0.05, 0) is 31.2 Å². The van der Waals surface area contributed by atoms with E-state index in [1.165, 1.54) is 0 Å². The Hall–Kier alpha value is 0.160. The Bertz CT molecular complexity index is 134. The average Bonchev–Trinajstić information content (AvgIpc) is 1.87. The highest BCUT2D eigenvalue weighted by Crippen LogP contribution is 2.14. The number of carboxylic acids is 1. The summed E-state index contributed by atoms with van der Waals surface area (Å²) in [6, 6.07) is -0.708. The zero-order chi connectivity index (χ0) is 8.85. The van der Waals surface area contributed by atoms with Gasteiger partial charge in [0, 0.05) is 16.1 Å². The molecule has 0 aromatic carbocycles. The molecule has 4 nitrogen and oxygen atoms in total. The Labute approximate surface area is 78.7 Å². The molecule has 0 rings (SSSR count). The monoisotopic (exact) mass is 244 g/mol. The van der Waals surface area contributed by atoms with Crippen LogP contribution in [0.15, 0.2) is 0 Å². The van der Waals surface area contributed by atoms with Gasteiger partial charge in [0.25, 0.3) is 0 Å². The van der Waals surface area contributed by atoms with Gasteiger partial charge < -0.3 is 10.8 Å². The summed E-state index contributed by atoms with van der Waals surface area (Å²) in [7, 11) is 0. The summed E-state index contributed by atoms with van der Waals surface area (Å²) in [4.78, 5) is 10.4. The summed E-state index contributed by atoms with van der Waals surface area (Å²) in [6.45, 7) is 0.474. The summed E-state index contributed by atoms with van der Waals surface area (Å²) >= 11 is 8.25. The number of hydrogen-bond donors (Lipinski definition) is 2. The van der Waals surface area contributed by atoms with Gasteiger partial charge in [0.1, 0.15) is 6.04 Å². The maximum absolute atomic E-state index is 10.4. The van der Waals surface area contributed by atoms with Crippen LogP contribution in [0.4, 0.5) is 0 Å². The van der Waals surface area contributed by atoms with Crippen molar-refractivity contribution in [3.63, 3.8) is 0 Å². The van der Waals surface area contributed by atoms with E-state index in [9.17, 15) is 4.79 Å². The molecule has 11 heavy (non-hydrogen) atoms. The lowest BCUT2D eigenvalue weighted by molar-refractivity contribution is -0.140. The molecule has 0 bridgehead atoms. The van der Waals surface area contributed by atoms with Crippen LogP contribution in [0.1, 0.15) is 12.8 Å². The largest absolute Gasteiger partial charge is 0.480 e. The minimum Gasteiger partial charge on any atom is -0.480 e. The molecule has 1 atom stereocenters. The second-order valence-corrected chi connectivity index (χ2v) is 3.58. The van der Waals surface area contributed by atoms with Gasteiger partial charge in [-0.3, -0.25) is 4.79 Å². The fraction of sp³-hybridized carbons (Fsp3) is 0.800. The van der Waals surface area contributed by atoms with Gasteiger partial charge >= 0.3 is 5.97 Å². The molecule has 0 saturated carbocycles. The molecule has 0 saturated heterocycles. The summed E-state index contributed by atoms with van der Waals surface area (Å²) in [5.41, 5.74) is 5.21. The van der Waals surface area contributed by atoms with Crippen LogP contribution in [0.5, 0.6) is 0 Å². The smallest absolute Gasteiger partial charge is 0.323 e. The molecular weight excluding hydrogens is 235 g/mol. The Morgan fingerprint density at radius 1 is 1.82 bits per heavy atom. The lowest BCUT2D eigenvalue weighted by atomic mass is 10.2. The number of hydrogen-bond acceptors (Lipinski definition) is 3. The summed E-state index contributed by atoms with van der Waals surface area (Å²) in [6.07, 6.45) is 1.09. The van der Waals surface area contributed by atoms with Gasteiger partial charge in [-0.1, -0.05) is 0 Å². The second-order valence-electron chi connectivity index (χ2n) is 2.04. The van der Waals surface area contributed by atoms with Crippen LogP contribution in [0.25, 0.3) is 0 Å². The van der Waals surface area contributed by atoms with Gasteiger partial charge in [-0.25, -0.2) is 0 Å². The first-order valence-corrected chi connectivity index (χ1v) is 4.18. The standard InChI is InChI=1S/C5H10BrClN2O2/c6-9(7)4(5(10)11)2-1-3-8/h4H,1-3,8H2,(H,10,11). The molecule has 0 aliphatic carbocycles. The predicted octanol–water partition coefficient (Wildman–Crippen LogP) is 0.944. The molecule has 66 valence electrons. The normalized spacial score (nSPS) is 13.5. The SMILES string of the molecule is NCCCC(C(=O)O)N(Cl)Br. The zero-order valence-corrected chi connectivity index (χ0v) is 8.18. The van der Waals surface area contributed by atoms with E-state index in [2.05, 4.69) is 16.1 Å². The topological polar surface area (TPSA) is 66.6 Å². The van der Waals surface area contributed by atoms with Gasteiger partial charge in [0.15, 0.2) is 0 Å². The predicted molar refractivity (Wildman–Crippen MR) is 46.3 cm³/mol. The van der Waals surface area contributed by atoms with Crippen molar-refractivity contribution in [3.05, 3.63) is 0 Å². The minimum absolute atomic E-state index is 0.445. The molecule has 0 amide bonds. The molecule has 3 N–H and O–H groups in total. The Balaban J connectivity index is 3.80. The summed E-state index contributed by atoms with van der Waals surface area (Å²) in [5.74, 6) is -0.953. The van der Waals surface area contributed by atoms with Crippen molar-refractivity contribution in [1.82, 2.24) is 3.45 Å². The number of halogens is 2. The molecule has 6 heteroatoms. The van der Waals surface area contributed by atoms with Crippen LogP contribution in [0.2, 0.25) is 0 Å². The van der Waals surface area contributed by atoms with Crippen LogP contribution in [-0.4, -0.2) is 27.1 Å². The van der Waals surface area contributed by atoms with Gasteiger partial charge in [-0.15, -0.1) is 3.45 Å². The highest BCUT2D eigenvalue weighted by molar-refractivity contribution is 9.08. The van der Waals surface area contributed by atoms with Crippen molar-refractivity contribution in [2.45, 2.75) is 18.9 Å². The van der Waals surface area contributed by atoms with E-state index in [-0.39, 0.29) is 0 Å². The third kappa shape index (κ3) is 4.58. The third-order valence-corrected chi connectivity index (χ3v) is 1.93. The molecule has 0 aliphatic heterocycles. The zero-order valence-electron chi connectivity index (χ0n) is 5.83. The maximum Gasteiger partial charge on any atom is 0.323 e. The van der Waals surface area contributed by atoms with E-state index >= 15 is 0 Å². The first-order valence-electron chi connectivity index (χ1n) is 3.13. The van der Waals surface area contributed by atoms with E-state index in [4.69, 9.17) is 22.6 Å². The molecule has 1 unspecified atom stereocenters. The minimum atomic E-state index is -0.953. The molecule has 0 aromatic rings. The van der Waals surface area contributed by atoms with Crippen LogP contribution in [0.3, 0.4) is 0 Å². The van der Waals surface area contributed by atoms with Crippen LogP contribution < -0.4 is 5.73 Å². The summed E-state index contributed by atoms with van der Waals surface area (Å²) in [5, 5.41) is 8.57. The number of carbonyl (C=O) groups is 1. The Morgan fingerprint density at radius 2 is 2.36 bits per heavy atom. The summed E-state index contributed by atoms with van der Waals surface area (Å²) < 4.78 is 0.977. The first-order chi connectivity index (χ1) is 5.09. The Morgan fingerprint density at radius 3 is 2.64 bits per heavy atom. The number of rotatable bonds is 5.